The second-order valence-corrected chi connectivity index (χ2v) is 4.54. The molecule has 3 aromatic rings. The first-order valence-electron chi connectivity index (χ1n) is 6.13. The van der Waals surface area contributed by atoms with E-state index in [0.29, 0.717) is 5.88 Å². The van der Waals surface area contributed by atoms with E-state index in [1.807, 2.05) is 24.4 Å². The van der Waals surface area contributed by atoms with E-state index in [1.165, 1.54) is 5.56 Å². The molecule has 0 bridgehead atoms. The zero-order valence-electron chi connectivity index (χ0n) is 10.3. The standard InChI is InChI=1S/C14H13ClN4/c15-9-13-18-12-4-2-7-17-14(12)19(13)8-5-11-3-1-6-16-10-11/h1-4,6-7,10H,5,8-9H2. The highest BCUT2D eigenvalue weighted by Crippen LogP contribution is 2.16. The lowest BCUT2D eigenvalue weighted by Gasteiger charge is -2.06. The zero-order chi connectivity index (χ0) is 13.1. The predicted octanol–water partition coefficient (Wildman–Crippen LogP) is 2.81. The molecule has 0 aromatic carbocycles. The van der Waals surface area contributed by atoms with Crippen LogP contribution in [0.4, 0.5) is 0 Å². The molecule has 0 spiro atoms. The fourth-order valence-corrected chi connectivity index (χ4v) is 2.33. The molecule has 0 fully saturated rings. The van der Waals surface area contributed by atoms with Crippen LogP contribution < -0.4 is 0 Å². The fraction of sp³-hybridized carbons (Fsp3) is 0.214. The molecule has 0 aliphatic rings. The lowest BCUT2D eigenvalue weighted by Crippen LogP contribution is -2.06. The van der Waals surface area contributed by atoms with Gasteiger partial charge < -0.3 is 4.57 Å². The molecule has 0 aliphatic heterocycles. The number of halogens is 1. The van der Waals surface area contributed by atoms with Crippen molar-refractivity contribution in [1.29, 1.82) is 0 Å². The zero-order valence-corrected chi connectivity index (χ0v) is 11.1. The van der Waals surface area contributed by atoms with Crippen molar-refractivity contribution < 1.29 is 0 Å². The maximum absolute atomic E-state index is 5.96. The van der Waals surface area contributed by atoms with Crippen molar-refractivity contribution in [2.75, 3.05) is 0 Å². The van der Waals surface area contributed by atoms with Crippen LogP contribution in [0.1, 0.15) is 11.4 Å². The van der Waals surface area contributed by atoms with Gasteiger partial charge in [-0.05, 0) is 30.2 Å². The number of fused-ring (bicyclic) bond motifs is 1. The summed E-state index contributed by atoms with van der Waals surface area (Å²) in [5, 5.41) is 0. The minimum Gasteiger partial charge on any atom is -0.311 e. The van der Waals surface area contributed by atoms with Crippen molar-refractivity contribution in [3.63, 3.8) is 0 Å². The van der Waals surface area contributed by atoms with Crippen LogP contribution in [0.3, 0.4) is 0 Å². The maximum atomic E-state index is 5.96. The number of imidazole rings is 1. The number of hydrogen-bond acceptors (Lipinski definition) is 3. The summed E-state index contributed by atoms with van der Waals surface area (Å²) < 4.78 is 2.08. The van der Waals surface area contributed by atoms with Gasteiger partial charge in [-0.2, -0.15) is 0 Å². The fourth-order valence-electron chi connectivity index (χ4n) is 2.13. The van der Waals surface area contributed by atoms with E-state index < -0.39 is 0 Å². The molecule has 0 saturated heterocycles. The molecule has 96 valence electrons. The van der Waals surface area contributed by atoms with Gasteiger partial charge in [-0.25, -0.2) is 9.97 Å². The van der Waals surface area contributed by atoms with Crippen molar-refractivity contribution in [3.8, 4) is 0 Å². The molecule has 0 N–H and O–H groups in total. The number of rotatable bonds is 4. The smallest absolute Gasteiger partial charge is 0.160 e. The van der Waals surface area contributed by atoms with E-state index in [9.17, 15) is 0 Å². The Morgan fingerprint density at radius 1 is 1.16 bits per heavy atom. The van der Waals surface area contributed by atoms with E-state index in [2.05, 4.69) is 25.6 Å². The summed E-state index contributed by atoms with van der Waals surface area (Å²) >= 11 is 5.96. The Hall–Kier alpha value is -1.94. The Bertz CT molecular complexity index is 678. The Balaban J connectivity index is 1.91. The van der Waals surface area contributed by atoms with Crippen molar-refractivity contribution in [3.05, 3.63) is 54.2 Å². The maximum Gasteiger partial charge on any atom is 0.160 e. The summed E-state index contributed by atoms with van der Waals surface area (Å²) in [6, 6.07) is 7.86. The van der Waals surface area contributed by atoms with Crippen molar-refractivity contribution in [1.82, 2.24) is 19.5 Å². The van der Waals surface area contributed by atoms with Crippen LogP contribution in [-0.4, -0.2) is 19.5 Å². The van der Waals surface area contributed by atoms with Gasteiger partial charge in [0.2, 0.25) is 0 Å². The highest BCUT2D eigenvalue weighted by molar-refractivity contribution is 6.16. The number of pyridine rings is 2. The van der Waals surface area contributed by atoms with Gasteiger partial charge in [-0.15, -0.1) is 11.6 Å². The SMILES string of the molecule is ClCc1nc2cccnc2n1CCc1cccnc1. The van der Waals surface area contributed by atoms with Crippen LogP contribution in [0.2, 0.25) is 0 Å². The van der Waals surface area contributed by atoms with Crippen molar-refractivity contribution in [2.45, 2.75) is 18.8 Å². The van der Waals surface area contributed by atoms with Gasteiger partial charge >= 0.3 is 0 Å². The third-order valence-corrected chi connectivity index (χ3v) is 3.29. The van der Waals surface area contributed by atoms with Crippen LogP contribution in [0.25, 0.3) is 11.2 Å². The van der Waals surface area contributed by atoms with Gasteiger partial charge in [0.05, 0.1) is 5.88 Å². The van der Waals surface area contributed by atoms with Gasteiger partial charge in [-0.1, -0.05) is 6.07 Å². The van der Waals surface area contributed by atoms with Crippen LogP contribution in [0, 0.1) is 0 Å². The van der Waals surface area contributed by atoms with Crippen LogP contribution >= 0.6 is 11.6 Å². The Kier molecular flexibility index (Phi) is 3.42. The van der Waals surface area contributed by atoms with Gasteiger partial charge in [0, 0.05) is 25.1 Å². The third-order valence-electron chi connectivity index (χ3n) is 3.05. The summed E-state index contributed by atoms with van der Waals surface area (Å²) in [5.41, 5.74) is 2.98. The lowest BCUT2D eigenvalue weighted by atomic mass is 10.2. The number of alkyl halides is 1. The number of aromatic nitrogens is 4. The first-order chi connectivity index (χ1) is 9.38. The minimum absolute atomic E-state index is 0.392. The second-order valence-electron chi connectivity index (χ2n) is 4.27. The average Bonchev–Trinajstić information content (AvgIpc) is 2.84. The number of aryl methyl sites for hydroxylation is 2. The molecule has 0 unspecified atom stereocenters. The first kappa shape index (κ1) is 12.1. The number of nitrogens with zero attached hydrogens (tertiary/aromatic N) is 4. The summed E-state index contributed by atoms with van der Waals surface area (Å²) in [6.45, 7) is 0.807. The van der Waals surface area contributed by atoms with Crippen molar-refractivity contribution >= 4 is 22.8 Å². The molecule has 0 atom stereocenters. The number of hydrogen-bond donors (Lipinski definition) is 0. The van der Waals surface area contributed by atoms with Gasteiger partial charge in [0.15, 0.2) is 5.65 Å². The van der Waals surface area contributed by atoms with Gasteiger partial charge in [0.1, 0.15) is 11.3 Å². The van der Waals surface area contributed by atoms with Crippen LogP contribution in [-0.2, 0) is 18.8 Å². The van der Waals surface area contributed by atoms with Crippen molar-refractivity contribution in [2.24, 2.45) is 0 Å². The van der Waals surface area contributed by atoms with Gasteiger partial charge in [0.25, 0.3) is 0 Å². The molecule has 0 aliphatic carbocycles. The second kappa shape index (κ2) is 5.36. The van der Waals surface area contributed by atoms with E-state index in [0.717, 1.165) is 30.0 Å². The van der Waals surface area contributed by atoms with E-state index >= 15 is 0 Å². The molecular weight excluding hydrogens is 260 g/mol. The van der Waals surface area contributed by atoms with Gasteiger partial charge in [-0.3, -0.25) is 4.98 Å². The summed E-state index contributed by atoms with van der Waals surface area (Å²) in [7, 11) is 0. The summed E-state index contributed by atoms with van der Waals surface area (Å²) in [5.74, 6) is 1.25. The molecule has 0 amide bonds. The molecular formula is C14H13ClN4. The molecule has 3 heterocycles. The predicted molar refractivity (Wildman–Crippen MR) is 75.0 cm³/mol. The lowest BCUT2D eigenvalue weighted by molar-refractivity contribution is 0.681. The normalized spacial score (nSPS) is 11.0. The topological polar surface area (TPSA) is 43.6 Å². The molecule has 5 heteroatoms. The quantitative estimate of drug-likeness (QED) is 0.686. The molecule has 0 radical (unpaired) electrons. The molecule has 19 heavy (non-hydrogen) atoms. The highest BCUT2D eigenvalue weighted by Gasteiger charge is 2.10. The first-order valence-corrected chi connectivity index (χ1v) is 6.67. The average molecular weight is 273 g/mol. The summed E-state index contributed by atoms with van der Waals surface area (Å²) in [4.78, 5) is 13.0. The monoisotopic (exact) mass is 272 g/mol. The van der Waals surface area contributed by atoms with E-state index in [-0.39, 0.29) is 0 Å². The van der Waals surface area contributed by atoms with E-state index in [4.69, 9.17) is 11.6 Å². The molecule has 0 saturated carbocycles. The van der Waals surface area contributed by atoms with Crippen LogP contribution in [0.5, 0.6) is 0 Å². The Morgan fingerprint density at radius 2 is 2.05 bits per heavy atom. The van der Waals surface area contributed by atoms with E-state index in [1.54, 1.807) is 12.4 Å². The Labute approximate surface area is 116 Å². The highest BCUT2D eigenvalue weighted by atomic mass is 35.5. The third kappa shape index (κ3) is 2.44. The molecule has 3 rings (SSSR count). The minimum atomic E-state index is 0.392. The molecule has 4 nitrogen and oxygen atoms in total. The molecule has 3 aromatic heterocycles. The Morgan fingerprint density at radius 3 is 2.84 bits per heavy atom. The van der Waals surface area contributed by atoms with Crippen LogP contribution in [0.15, 0.2) is 42.9 Å². The largest absolute Gasteiger partial charge is 0.311 e. The summed E-state index contributed by atoms with van der Waals surface area (Å²) in [6.07, 6.45) is 6.33.